The van der Waals surface area contributed by atoms with Crippen LogP contribution in [-0.4, -0.2) is 16.3 Å². The Hall–Kier alpha value is -0.850. The maximum atomic E-state index is 5.86. The summed E-state index contributed by atoms with van der Waals surface area (Å²) in [4.78, 5) is 0. The molecule has 0 unspecified atom stereocenters. The van der Waals surface area contributed by atoms with E-state index in [1.165, 1.54) is 5.56 Å². The molecule has 0 spiro atoms. The third-order valence-corrected chi connectivity index (χ3v) is 3.96. The zero-order chi connectivity index (χ0) is 14.5. The van der Waals surface area contributed by atoms with E-state index in [1.807, 2.05) is 13.2 Å². The first-order chi connectivity index (χ1) is 9.60. The Balaban J connectivity index is 2.07. The highest BCUT2D eigenvalue weighted by atomic mass is 79.9. The van der Waals surface area contributed by atoms with Gasteiger partial charge in [-0.2, -0.15) is 5.10 Å². The van der Waals surface area contributed by atoms with Crippen LogP contribution in [0.25, 0.3) is 0 Å². The molecule has 0 atom stereocenters. The first-order valence-electron chi connectivity index (χ1n) is 6.39. The van der Waals surface area contributed by atoms with Gasteiger partial charge in [0.25, 0.3) is 0 Å². The predicted octanol–water partition coefficient (Wildman–Crippen LogP) is 3.63. The zero-order valence-electron chi connectivity index (χ0n) is 11.5. The average molecular weight is 403 g/mol. The lowest BCUT2D eigenvalue weighted by atomic mass is 10.2. The van der Waals surface area contributed by atoms with E-state index < -0.39 is 0 Å². The van der Waals surface area contributed by atoms with Crippen LogP contribution in [0.4, 0.5) is 0 Å². The first kappa shape index (κ1) is 15.5. The standard InChI is InChI=1S/C14H17Br2N3O/c1-3-17-6-10-4-12(15)14(13(16)5-10)20-9-11-7-18-19(2)8-11/h4-5,7-8,17H,3,6,9H2,1-2H3. The van der Waals surface area contributed by atoms with Crippen LogP contribution in [0.5, 0.6) is 5.75 Å². The van der Waals surface area contributed by atoms with Crippen LogP contribution in [0.15, 0.2) is 33.5 Å². The minimum absolute atomic E-state index is 0.498. The van der Waals surface area contributed by atoms with Gasteiger partial charge >= 0.3 is 0 Å². The second kappa shape index (κ2) is 7.24. The van der Waals surface area contributed by atoms with E-state index in [9.17, 15) is 0 Å². The summed E-state index contributed by atoms with van der Waals surface area (Å²) < 4.78 is 9.52. The molecule has 0 fully saturated rings. The van der Waals surface area contributed by atoms with Crippen LogP contribution in [-0.2, 0) is 20.2 Å². The van der Waals surface area contributed by atoms with Gasteiger partial charge in [0.05, 0.1) is 15.1 Å². The first-order valence-corrected chi connectivity index (χ1v) is 7.97. The Labute approximate surface area is 135 Å². The number of benzene rings is 1. The van der Waals surface area contributed by atoms with Gasteiger partial charge in [-0.1, -0.05) is 6.92 Å². The second-order valence-electron chi connectivity index (χ2n) is 4.48. The Morgan fingerprint density at radius 1 is 1.25 bits per heavy atom. The summed E-state index contributed by atoms with van der Waals surface area (Å²) in [6.45, 7) is 4.39. The maximum Gasteiger partial charge on any atom is 0.148 e. The van der Waals surface area contributed by atoms with Crippen molar-refractivity contribution in [3.05, 3.63) is 44.6 Å². The largest absolute Gasteiger partial charge is 0.486 e. The lowest BCUT2D eigenvalue weighted by Crippen LogP contribution is -2.11. The molecule has 0 radical (unpaired) electrons. The van der Waals surface area contributed by atoms with Crippen LogP contribution >= 0.6 is 31.9 Å². The Morgan fingerprint density at radius 3 is 2.50 bits per heavy atom. The summed E-state index contributed by atoms with van der Waals surface area (Å²) >= 11 is 7.13. The zero-order valence-corrected chi connectivity index (χ0v) is 14.7. The molecule has 108 valence electrons. The molecule has 20 heavy (non-hydrogen) atoms. The number of rotatable bonds is 6. The Bertz CT molecular complexity index is 561. The lowest BCUT2D eigenvalue weighted by molar-refractivity contribution is 0.302. The van der Waals surface area contributed by atoms with Crippen LogP contribution in [0, 0.1) is 0 Å². The van der Waals surface area contributed by atoms with Crippen molar-refractivity contribution < 1.29 is 4.74 Å². The lowest BCUT2D eigenvalue weighted by Gasteiger charge is -2.12. The number of aromatic nitrogens is 2. The third kappa shape index (κ3) is 4.07. The number of ether oxygens (including phenoxy) is 1. The molecule has 1 N–H and O–H groups in total. The van der Waals surface area contributed by atoms with E-state index in [2.05, 4.69) is 61.3 Å². The van der Waals surface area contributed by atoms with Crippen molar-refractivity contribution >= 4 is 31.9 Å². The molecule has 1 aromatic carbocycles. The van der Waals surface area contributed by atoms with Crippen LogP contribution in [0.1, 0.15) is 18.1 Å². The second-order valence-corrected chi connectivity index (χ2v) is 6.19. The number of hydrogen-bond donors (Lipinski definition) is 1. The SMILES string of the molecule is CCNCc1cc(Br)c(OCc2cnn(C)c2)c(Br)c1. The smallest absolute Gasteiger partial charge is 0.148 e. The van der Waals surface area contributed by atoms with E-state index in [4.69, 9.17) is 4.74 Å². The molecular formula is C14H17Br2N3O. The number of nitrogens with one attached hydrogen (secondary N) is 1. The molecule has 6 heteroatoms. The molecule has 1 aromatic heterocycles. The molecule has 0 aliphatic carbocycles. The fourth-order valence-corrected chi connectivity index (χ4v) is 3.33. The fraction of sp³-hybridized carbons (Fsp3) is 0.357. The molecule has 2 rings (SSSR count). The molecule has 0 amide bonds. The van der Waals surface area contributed by atoms with E-state index >= 15 is 0 Å². The highest BCUT2D eigenvalue weighted by Crippen LogP contribution is 2.35. The van der Waals surface area contributed by atoms with Gasteiger partial charge in [-0.15, -0.1) is 0 Å². The molecule has 0 bridgehead atoms. The van der Waals surface area contributed by atoms with Crippen molar-refractivity contribution in [1.82, 2.24) is 15.1 Å². The van der Waals surface area contributed by atoms with E-state index in [1.54, 1.807) is 10.9 Å². The Morgan fingerprint density at radius 2 is 1.95 bits per heavy atom. The minimum Gasteiger partial charge on any atom is -0.486 e. The molecule has 1 heterocycles. The predicted molar refractivity (Wildman–Crippen MR) is 86.8 cm³/mol. The summed E-state index contributed by atoms with van der Waals surface area (Å²) in [6, 6.07) is 4.15. The molecule has 0 saturated carbocycles. The van der Waals surface area contributed by atoms with E-state index in [0.29, 0.717) is 6.61 Å². The number of halogens is 2. The van der Waals surface area contributed by atoms with Crippen molar-refractivity contribution in [2.45, 2.75) is 20.1 Å². The highest BCUT2D eigenvalue weighted by molar-refractivity contribution is 9.11. The van der Waals surface area contributed by atoms with Crippen molar-refractivity contribution in [1.29, 1.82) is 0 Å². The van der Waals surface area contributed by atoms with Gasteiger partial charge in [-0.3, -0.25) is 4.68 Å². The monoisotopic (exact) mass is 401 g/mol. The van der Waals surface area contributed by atoms with E-state index in [0.717, 1.165) is 33.3 Å². The number of aryl methyl sites for hydroxylation is 1. The maximum absolute atomic E-state index is 5.86. The molecule has 0 saturated heterocycles. The fourth-order valence-electron chi connectivity index (χ4n) is 1.82. The van der Waals surface area contributed by atoms with Crippen molar-refractivity contribution in [3.8, 4) is 5.75 Å². The number of hydrogen-bond acceptors (Lipinski definition) is 3. The quantitative estimate of drug-likeness (QED) is 0.801. The van der Waals surface area contributed by atoms with Crippen LogP contribution in [0.3, 0.4) is 0 Å². The van der Waals surface area contributed by atoms with Crippen LogP contribution in [0.2, 0.25) is 0 Å². The van der Waals surface area contributed by atoms with Gasteiger partial charge in [0.15, 0.2) is 0 Å². The summed E-state index contributed by atoms with van der Waals surface area (Å²) in [5.41, 5.74) is 2.25. The van der Waals surface area contributed by atoms with Gasteiger partial charge in [-0.05, 0) is 56.1 Å². The van der Waals surface area contributed by atoms with Gasteiger partial charge in [-0.25, -0.2) is 0 Å². The topological polar surface area (TPSA) is 39.1 Å². The highest BCUT2D eigenvalue weighted by Gasteiger charge is 2.09. The Kier molecular flexibility index (Phi) is 5.63. The number of nitrogens with zero attached hydrogens (tertiary/aromatic N) is 2. The third-order valence-electron chi connectivity index (χ3n) is 2.78. The van der Waals surface area contributed by atoms with Gasteiger partial charge in [0, 0.05) is 25.4 Å². The minimum atomic E-state index is 0.498. The molecule has 0 aliphatic heterocycles. The normalized spacial score (nSPS) is 10.8. The van der Waals surface area contributed by atoms with Crippen molar-refractivity contribution in [2.75, 3.05) is 6.54 Å². The molecular weight excluding hydrogens is 386 g/mol. The molecule has 4 nitrogen and oxygen atoms in total. The summed E-state index contributed by atoms with van der Waals surface area (Å²) in [6.07, 6.45) is 3.75. The summed E-state index contributed by atoms with van der Waals surface area (Å²) in [5, 5.41) is 7.43. The van der Waals surface area contributed by atoms with E-state index in [-0.39, 0.29) is 0 Å². The van der Waals surface area contributed by atoms with Gasteiger partial charge < -0.3 is 10.1 Å². The molecule has 2 aromatic rings. The van der Waals surface area contributed by atoms with Crippen molar-refractivity contribution in [3.63, 3.8) is 0 Å². The van der Waals surface area contributed by atoms with Crippen molar-refractivity contribution in [2.24, 2.45) is 7.05 Å². The average Bonchev–Trinajstić information content (AvgIpc) is 2.81. The summed E-state index contributed by atoms with van der Waals surface area (Å²) in [7, 11) is 1.89. The van der Waals surface area contributed by atoms with Crippen LogP contribution < -0.4 is 10.1 Å². The molecule has 0 aliphatic rings. The van der Waals surface area contributed by atoms with Gasteiger partial charge in [0.2, 0.25) is 0 Å². The van der Waals surface area contributed by atoms with Gasteiger partial charge in [0.1, 0.15) is 12.4 Å². The summed E-state index contributed by atoms with van der Waals surface area (Å²) in [5.74, 6) is 0.814.